The number of H-pyrrole nitrogens is 1. The molecule has 6 nitrogen and oxygen atoms in total. The average molecular weight is 222 g/mol. The monoisotopic (exact) mass is 222 g/mol. The normalized spacial score (nSPS) is 12.8. The van der Waals surface area contributed by atoms with E-state index >= 15 is 0 Å². The van der Waals surface area contributed by atoms with Gasteiger partial charge in [-0.05, 0) is 24.1 Å². The number of nitrogens with one attached hydrogen (secondary N) is 1. The van der Waals surface area contributed by atoms with E-state index in [0.717, 1.165) is 5.56 Å². The van der Waals surface area contributed by atoms with Crippen molar-refractivity contribution in [3.63, 3.8) is 0 Å². The molecule has 2 aromatic rings. The third-order valence-electron chi connectivity index (χ3n) is 2.26. The maximum atomic E-state index is 10.9. The number of hydrogen-bond acceptors (Lipinski definition) is 4. The Morgan fingerprint density at radius 3 is 3.00 bits per heavy atom. The van der Waals surface area contributed by atoms with Gasteiger partial charge in [-0.15, -0.1) is 0 Å². The van der Waals surface area contributed by atoms with Crippen LogP contribution in [-0.2, 0) is 11.2 Å². The van der Waals surface area contributed by atoms with Gasteiger partial charge in [-0.2, -0.15) is 0 Å². The second-order valence-electron chi connectivity index (χ2n) is 3.49. The van der Waals surface area contributed by atoms with Crippen LogP contribution in [0.2, 0.25) is 0 Å². The predicted molar refractivity (Wildman–Crippen MR) is 56.1 cm³/mol. The van der Waals surface area contributed by atoms with Crippen molar-refractivity contribution in [3.05, 3.63) is 34.3 Å². The minimum atomic E-state index is -1.05. The van der Waals surface area contributed by atoms with Crippen LogP contribution in [0.5, 0.6) is 0 Å². The van der Waals surface area contributed by atoms with Crippen LogP contribution >= 0.6 is 0 Å². The highest BCUT2D eigenvalue weighted by molar-refractivity contribution is 5.75. The number of aromatic amines is 1. The topological polar surface area (TPSA) is 109 Å². The van der Waals surface area contributed by atoms with Gasteiger partial charge in [0.05, 0.1) is 5.52 Å². The molecular formula is C10H10N2O4. The molecule has 1 heterocycles. The van der Waals surface area contributed by atoms with Gasteiger partial charge in [0.15, 0.2) is 5.58 Å². The molecule has 4 N–H and O–H groups in total. The van der Waals surface area contributed by atoms with E-state index in [2.05, 4.69) is 4.98 Å². The summed E-state index contributed by atoms with van der Waals surface area (Å²) in [6.07, 6.45) is 0.207. The van der Waals surface area contributed by atoms with Gasteiger partial charge in [0.2, 0.25) is 0 Å². The highest BCUT2D eigenvalue weighted by Crippen LogP contribution is 2.13. The molecule has 1 aromatic heterocycles. The van der Waals surface area contributed by atoms with E-state index in [9.17, 15) is 9.59 Å². The summed E-state index contributed by atoms with van der Waals surface area (Å²) < 4.78 is 4.82. The molecule has 0 unspecified atom stereocenters. The molecule has 0 aliphatic heterocycles. The van der Waals surface area contributed by atoms with Gasteiger partial charge in [0, 0.05) is 0 Å². The lowest BCUT2D eigenvalue weighted by Crippen LogP contribution is -2.32. The zero-order valence-corrected chi connectivity index (χ0v) is 8.27. The second kappa shape index (κ2) is 3.82. The lowest BCUT2D eigenvalue weighted by Gasteiger charge is -2.05. The zero-order chi connectivity index (χ0) is 11.7. The molecule has 0 bridgehead atoms. The van der Waals surface area contributed by atoms with Gasteiger partial charge >= 0.3 is 11.7 Å². The van der Waals surface area contributed by atoms with Gasteiger partial charge in [-0.1, -0.05) is 6.07 Å². The third-order valence-corrected chi connectivity index (χ3v) is 2.26. The smallest absolute Gasteiger partial charge is 0.417 e. The Bertz CT molecular complexity index is 584. The summed E-state index contributed by atoms with van der Waals surface area (Å²) in [5, 5.41) is 8.66. The molecule has 1 aromatic carbocycles. The molecule has 6 heteroatoms. The Morgan fingerprint density at radius 2 is 2.31 bits per heavy atom. The second-order valence-corrected chi connectivity index (χ2v) is 3.49. The van der Waals surface area contributed by atoms with E-state index < -0.39 is 17.8 Å². The number of carboxylic acids is 1. The van der Waals surface area contributed by atoms with Crippen LogP contribution in [0.4, 0.5) is 0 Å². The van der Waals surface area contributed by atoms with Crippen molar-refractivity contribution in [1.29, 1.82) is 0 Å². The number of aliphatic carboxylic acids is 1. The molecular weight excluding hydrogens is 212 g/mol. The zero-order valence-electron chi connectivity index (χ0n) is 8.27. The third kappa shape index (κ3) is 1.96. The van der Waals surface area contributed by atoms with Crippen molar-refractivity contribution < 1.29 is 14.3 Å². The van der Waals surface area contributed by atoms with Gasteiger partial charge < -0.3 is 15.3 Å². The number of rotatable bonds is 3. The maximum absolute atomic E-state index is 10.9. The van der Waals surface area contributed by atoms with E-state index in [1.807, 2.05) is 0 Å². The Morgan fingerprint density at radius 1 is 1.56 bits per heavy atom. The Balaban J connectivity index is 2.32. The molecule has 0 radical (unpaired) electrons. The maximum Gasteiger partial charge on any atom is 0.417 e. The van der Waals surface area contributed by atoms with Crippen LogP contribution < -0.4 is 11.5 Å². The predicted octanol–water partition coefficient (Wildman–Crippen LogP) is 0.0755. The first-order valence-corrected chi connectivity index (χ1v) is 4.66. The molecule has 0 fully saturated rings. The van der Waals surface area contributed by atoms with Crippen molar-refractivity contribution in [3.8, 4) is 0 Å². The number of fused-ring (bicyclic) bond motifs is 1. The van der Waals surface area contributed by atoms with Crippen LogP contribution in [-0.4, -0.2) is 22.1 Å². The summed E-state index contributed by atoms with van der Waals surface area (Å²) in [7, 11) is 0. The molecule has 0 saturated heterocycles. The molecule has 16 heavy (non-hydrogen) atoms. The molecule has 2 rings (SSSR count). The van der Waals surface area contributed by atoms with Crippen LogP contribution in [0.15, 0.2) is 27.4 Å². The van der Waals surface area contributed by atoms with Crippen LogP contribution in [0.1, 0.15) is 5.56 Å². The highest BCUT2D eigenvalue weighted by Gasteiger charge is 2.12. The standard InChI is InChI=1S/C10H10N2O4/c11-6(9(13)14)3-5-1-2-8-7(4-5)12-10(15)16-8/h1-2,4,6H,3,11H2,(H,12,15)(H,13,14)/t6-/m0/s1. The molecule has 0 spiro atoms. The van der Waals surface area contributed by atoms with Crippen molar-refractivity contribution in [2.24, 2.45) is 5.73 Å². The number of benzene rings is 1. The summed E-state index contributed by atoms with van der Waals surface area (Å²) >= 11 is 0. The molecule has 0 aliphatic rings. The Hall–Kier alpha value is -2.08. The van der Waals surface area contributed by atoms with Gasteiger partial charge in [0.25, 0.3) is 0 Å². The first-order chi connectivity index (χ1) is 7.56. The fourth-order valence-electron chi connectivity index (χ4n) is 1.47. The molecule has 0 aliphatic carbocycles. The van der Waals surface area contributed by atoms with E-state index in [1.54, 1.807) is 18.2 Å². The number of nitrogens with two attached hydrogens (primary N) is 1. The number of carboxylic acid groups (broad SMARTS) is 1. The summed E-state index contributed by atoms with van der Waals surface area (Å²) in [4.78, 5) is 24.0. The lowest BCUT2D eigenvalue weighted by molar-refractivity contribution is -0.138. The number of oxazole rings is 1. The van der Waals surface area contributed by atoms with E-state index in [4.69, 9.17) is 15.3 Å². The van der Waals surface area contributed by atoms with Crippen molar-refractivity contribution in [2.75, 3.05) is 0 Å². The van der Waals surface area contributed by atoms with Crippen molar-refractivity contribution in [1.82, 2.24) is 4.98 Å². The number of hydrogen-bond donors (Lipinski definition) is 3. The minimum absolute atomic E-state index is 0.207. The van der Waals surface area contributed by atoms with Crippen molar-refractivity contribution >= 4 is 17.1 Å². The number of carbonyl (C=O) groups is 1. The Kier molecular flexibility index (Phi) is 2.49. The molecule has 1 atom stereocenters. The van der Waals surface area contributed by atoms with E-state index in [1.165, 1.54) is 0 Å². The summed E-state index contributed by atoms with van der Waals surface area (Å²) in [5.74, 6) is -1.59. The average Bonchev–Trinajstić information content (AvgIpc) is 2.57. The first-order valence-electron chi connectivity index (χ1n) is 4.66. The fraction of sp³-hybridized carbons (Fsp3) is 0.200. The number of aromatic nitrogens is 1. The highest BCUT2D eigenvalue weighted by atomic mass is 16.4. The SMILES string of the molecule is N[C@@H](Cc1ccc2oc(=O)[nH]c2c1)C(=O)O. The lowest BCUT2D eigenvalue weighted by atomic mass is 10.1. The quantitative estimate of drug-likeness (QED) is 0.681. The van der Waals surface area contributed by atoms with Gasteiger partial charge in [-0.3, -0.25) is 9.78 Å². The van der Waals surface area contributed by atoms with Crippen molar-refractivity contribution in [2.45, 2.75) is 12.5 Å². The summed E-state index contributed by atoms with van der Waals surface area (Å²) in [5.41, 5.74) is 7.12. The Labute approximate surface area is 89.7 Å². The van der Waals surface area contributed by atoms with Gasteiger partial charge in [-0.25, -0.2) is 4.79 Å². The molecule has 0 saturated carbocycles. The molecule has 84 valence electrons. The van der Waals surface area contributed by atoms with Gasteiger partial charge in [0.1, 0.15) is 6.04 Å². The largest absolute Gasteiger partial charge is 0.480 e. The fourth-order valence-corrected chi connectivity index (χ4v) is 1.47. The van der Waals surface area contributed by atoms with Crippen LogP contribution in [0, 0.1) is 0 Å². The van der Waals surface area contributed by atoms with E-state index in [0.29, 0.717) is 11.1 Å². The van der Waals surface area contributed by atoms with Crippen LogP contribution in [0.25, 0.3) is 11.1 Å². The summed E-state index contributed by atoms with van der Waals surface area (Å²) in [6, 6.07) is 4.00. The first kappa shape index (κ1) is 10.4. The summed E-state index contributed by atoms with van der Waals surface area (Å²) in [6.45, 7) is 0. The minimum Gasteiger partial charge on any atom is -0.480 e. The van der Waals surface area contributed by atoms with Crippen LogP contribution in [0.3, 0.4) is 0 Å². The van der Waals surface area contributed by atoms with E-state index in [-0.39, 0.29) is 6.42 Å². The molecule has 0 amide bonds.